The molecule has 0 saturated heterocycles. The molecule has 0 atom stereocenters. The number of amides is 1. The number of rotatable bonds is 6. The Balaban J connectivity index is 2.87. The molecule has 1 aromatic rings. The van der Waals surface area contributed by atoms with Gasteiger partial charge in [0.15, 0.2) is 0 Å². The van der Waals surface area contributed by atoms with E-state index in [2.05, 4.69) is 27.7 Å². The molecule has 0 heterocycles. The van der Waals surface area contributed by atoms with E-state index in [9.17, 15) is 9.18 Å². The van der Waals surface area contributed by atoms with Gasteiger partial charge in [-0.15, -0.1) is 0 Å². The quantitative estimate of drug-likeness (QED) is 0.701. The highest BCUT2D eigenvalue weighted by Crippen LogP contribution is 2.20. The second-order valence-electron chi connectivity index (χ2n) is 6.00. The van der Waals surface area contributed by atoms with Crippen molar-refractivity contribution in [2.24, 2.45) is 11.8 Å². The Morgan fingerprint density at radius 1 is 1.24 bits per heavy atom. The highest BCUT2D eigenvalue weighted by atomic mass is 35.5. The Kier molecular flexibility index (Phi) is 6.90. The molecule has 0 aliphatic heterocycles. The first kappa shape index (κ1) is 17.7. The summed E-state index contributed by atoms with van der Waals surface area (Å²) < 4.78 is 13.7. The zero-order chi connectivity index (χ0) is 16.0. The van der Waals surface area contributed by atoms with Crippen molar-refractivity contribution in [2.75, 3.05) is 13.1 Å². The summed E-state index contributed by atoms with van der Waals surface area (Å²) in [6.07, 6.45) is 2.85. The topological polar surface area (TPSA) is 20.3 Å². The summed E-state index contributed by atoms with van der Waals surface area (Å²) in [5.41, 5.74) is 0.251. The van der Waals surface area contributed by atoms with E-state index in [1.54, 1.807) is 17.0 Å². The van der Waals surface area contributed by atoms with Crippen LogP contribution in [-0.4, -0.2) is 23.9 Å². The molecule has 0 aromatic heterocycles. The lowest BCUT2D eigenvalue weighted by molar-refractivity contribution is -0.127. The van der Waals surface area contributed by atoms with Crippen molar-refractivity contribution in [3.8, 4) is 0 Å². The third kappa shape index (κ3) is 5.88. The maximum atomic E-state index is 13.7. The van der Waals surface area contributed by atoms with Crippen LogP contribution in [0.15, 0.2) is 24.3 Å². The zero-order valence-corrected chi connectivity index (χ0v) is 13.8. The Morgan fingerprint density at radius 2 is 1.81 bits per heavy atom. The van der Waals surface area contributed by atoms with Gasteiger partial charge < -0.3 is 4.90 Å². The molecule has 21 heavy (non-hydrogen) atoms. The first-order valence-corrected chi connectivity index (χ1v) is 7.60. The van der Waals surface area contributed by atoms with Gasteiger partial charge in [-0.1, -0.05) is 45.4 Å². The first-order chi connectivity index (χ1) is 9.81. The van der Waals surface area contributed by atoms with E-state index >= 15 is 0 Å². The van der Waals surface area contributed by atoms with Crippen LogP contribution in [0.5, 0.6) is 0 Å². The van der Waals surface area contributed by atoms with Gasteiger partial charge in [-0.05, 0) is 30.0 Å². The van der Waals surface area contributed by atoms with Crippen LogP contribution in [0.1, 0.15) is 33.3 Å². The van der Waals surface area contributed by atoms with Crippen LogP contribution in [0.25, 0.3) is 6.08 Å². The van der Waals surface area contributed by atoms with Crippen LogP contribution in [-0.2, 0) is 4.79 Å². The van der Waals surface area contributed by atoms with Crippen molar-refractivity contribution in [1.29, 1.82) is 0 Å². The molecule has 0 saturated carbocycles. The number of halogens is 2. The zero-order valence-electron chi connectivity index (χ0n) is 13.1. The van der Waals surface area contributed by atoms with Gasteiger partial charge in [-0.25, -0.2) is 4.39 Å². The standard InChI is InChI=1S/C17H23ClFNO/c1-12(2)10-20(11-13(3)4)17(21)9-8-14-15(18)6-5-7-16(14)19/h5-9,12-13H,10-11H2,1-4H3. The number of carbonyl (C=O) groups excluding carboxylic acids is 1. The normalized spacial score (nSPS) is 11.6. The van der Waals surface area contributed by atoms with E-state index in [0.29, 0.717) is 29.9 Å². The largest absolute Gasteiger partial charge is 0.339 e. The second kappa shape index (κ2) is 8.18. The van der Waals surface area contributed by atoms with Gasteiger partial charge in [0.2, 0.25) is 5.91 Å². The Hall–Kier alpha value is -1.35. The predicted octanol–water partition coefficient (Wildman–Crippen LogP) is 4.63. The monoisotopic (exact) mass is 311 g/mol. The minimum Gasteiger partial charge on any atom is -0.339 e. The van der Waals surface area contributed by atoms with Crippen LogP contribution in [0, 0.1) is 17.7 Å². The second-order valence-corrected chi connectivity index (χ2v) is 6.41. The fourth-order valence-electron chi connectivity index (χ4n) is 2.07. The average molecular weight is 312 g/mol. The van der Waals surface area contributed by atoms with Crippen molar-refractivity contribution < 1.29 is 9.18 Å². The molecule has 0 aliphatic carbocycles. The fourth-order valence-corrected chi connectivity index (χ4v) is 2.29. The fraction of sp³-hybridized carbons (Fsp3) is 0.471. The molecule has 0 fully saturated rings. The summed E-state index contributed by atoms with van der Waals surface area (Å²) >= 11 is 5.95. The van der Waals surface area contributed by atoms with Crippen LogP contribution in [0.3, 0.4) is 0 Å². The molecule has 0 bridgehead atoms. The summed E-state index contributed by atoms with van der Waals surface area (Å²) in [6.45, 7) is 9.64. The SMILES string of the molecule is CC(C)CN(CC(C)C)C(=O)C=Cc1c(F)cccc1Cl. The molecule has 2 nitrogen and oxygen atoms in total. The molecule has 0 spiro atoms. The minimum absolute atomic E-state index is 0.114. The molecule has 1 aromatic carbocycles. The van der Waals surface area contributed by atoms with Gasteiger partial charge >= 0.3 is 0 Å². The average Bonchev–Trinajstić information content (AvgIpc) is 2.36. The number of benzene rings is 1. The smallest absolute Gasteiger partial charge is 0.246 e. The van der Waals surface area contributed by atoms with Crippen molar-refractivity contribution >= 4 is 23.6 Å². The van der Waals surface area contributed by atoms with Gasteiger partial charge in [0.25, 0.3) is 0 Å². The molecule has 0 aliphatic rings. The maximum Gasteiger partial charge on any atom is 0.246 e. The van der Waals surface area contributed by atoms with Gasteiger partial charge in [0, 0.05) is 24.7 Å². The summed E-state index contributed by atoms with van der Waals surface area (Å²) in [5, 5.41) is 0.304. The third-order valence-corrected chi connectivity index (χ3v) is 3.20. The summed E-state index contributed by atoms with van der Waals surface area (Å²) in [4.78, 5) is 14.1. The van der Waals surface area contributed by atoms with E-state index in [1.807, 2.05) is 0 Å². The molecule has 1 rings (SSSR count). The van der Waals surface area contributed by atoms with Crippen molar-refractivity contribution in [3.63, 3.8) is 0 Å². The lowest BCUT2D eigenvalue weighted by Crippen LogP contribution is -2.35. The van der Waals surface area contributed by atoms with Gasteiger partial charge in [-0.2, -0.15) is 0 Å². The van der Waals surface area contributed by atoms with Crippen LogP contribution < -0.4 is 0 Å². The third-order valence-electron chi connectivity index (χ3n) is 2.88. The van der Waals surface area contributed by atoms with Gasteiger partial charge in [-0.3, -0.25) is 4.79 Å². The lowest BCUT2D eigenvalue weighted by Gasteiger charge is -2.25. The molecule has 0 N–H and O–H groups in total. The van der Waals surface area contributed by atoms with E-state index in [4.69, 9.17) is 11.6 Å². The minimum atomic E-state index is -0.425. The first-order valence-electron chi connectivity index (χ1n) is 7.22. The maximum absolute atomic E-state index is 13.7. The Bertz CT molecular complexity index is 481. The van der Waals surface area contributed by atoms with E-state index in [0.717, 1.165) is 0 Å². The van der Waals surface area contributed by atoms with Crippen LogP contribution in [0.2, 0.25) is 5.02 Å². The summed E-state index contributed by atoms with van der Waals surface area (Å²) in [6, 6.07) is 4.48. The molecule has 0 radical (unpaired) electrons. The molecule has 4 heteroatoms. The van der Waals surface area contributed by atoms with E-state index in [1.165, 1.54) is 18.2 Å². The van der Waals surface area contributed by atoms with Crippen molar-refractivity contribution in [2.45, 2.75) is 27.7 Å². The molecule has 116 valence electrons. The molecule has 0 unspecified atom stereocenters. The van der Waals surface area contributed by atoms with E-state index < -0.39 is 5.82 Å². The van der Waals surface area contributed by atoms with E-state index in [-0.39, 0.29) is 11.5 Å². The van der Waals surface area contributed by atoms with Crippen LogP contribution >= 0.6 is 11.6 Å². The highest BCUT2D eigenvalue weighted by molar-refractivity contribution is 6.32. The van der Waals surface area contributed by atoms with Crippen LogP contribution in [0.4, 0.5) is 4.39 Å². The molecular formula is C17H23ClFNO. The number of hydrogen-bond donors (Lipinski definition) is 0. The number of carbonyl (C=O) groups is 1. The van der Waals surface area contributed by atoms with Crippen molar-refractivity contribution in [1.82, 2.24) is 4.90 Å². The summed E-state index contributed by atoms with van der Waals surface area (Å²) in [5.74, 6) is 0.235. The highest BCUT2D eigenvalue weighted by Gasteiger charge is 2.14. The number of hydrogen-bond acceptors (Lipinski definition) is 1. The lowest BCUT2D eigenvalue weighted by atomic mass is 10.1. The Morgan fingerprint density at radius 3 is 2.29 bits per heavy atom. The number of nitrogens with zero attached hydrogens (tertiary/aromatic N) is 1. The Labute approximate surface area is 131 Å². The molecular weight excluding hydrogens is 289 g/mol. The predicted molar refractivity (Wildman–Crippen MR) is 86.7 cm³/mol. The van der Waals surface area contributed by atoms with Crippen molar-refractivity contribution in [3.05, 3.63) is 40.7 Å². The summed E-state index contributed by atoms with van der Waals surface area (Å²) in [7, 11) is 0. The van der Waals surface area contributed by atoms with Gasteiger partial charge in [0.05, 0.1) is 5.02 Å². The molecule has 1 amide bonds. The van der Waals surface area contributed by atoms with Gasteiger partial charge in [0.1, 0.15) is 5.82 Å².